The summed E-state index contributed by atoms with van der Waals surface area (Å²) in [5.74, 6) is 0.474. The molecule has 0 spiro atoms. The van der Waals surface area contributed by atoms with Gasteiger partial charge in [0.1, 0.15) is 5.75 Å². The van der Waals surface area contributed by atoms with Gasteiger partial charge in [-0.25, -0.2) is 13.1 Å². The first kappa shape index (κ1) is 17.5. The molecule has 1 amide bonds. The quantitative estimate of drug-likeness (QED) is 0.741. The zero-order valence-electron chi connectivity index (χ0n) is 12.8. The van der Waals surface area contributed by atoms with Crippen LogP contribution in [0.25, 0.3) is 0 Å². The molecular formula is C14H22N2O4S. The lowest BCUT2D eigenvalue weighted by molar-refractivity contribution is -0.118. The Balaban J connectivity index is 2.75. The number of hydrogen-bond donors (Lipinski definition) is 2. The van der Waals surface area contributed by atoms with Crippen LogP contribution in [0.4, 0.5) is 0 Å². The maximum absolute atomic E-state index is 12.1. The Morgan fingerprint density at radius 2 is 1.95 bits per heavy atom. The molecule has 0 heterocycles. The molecule has 2 N–H and O–H groups in total. The number of rotatable bonds is 7. The van der Waals surface area contributed by atoms with Crippen LogP contribution >= 0.6 is 0 Å². The molecule has 0 atom stereocenters. The molecule has 1 aromatic rings. The van der Waals surface area contributed by atoms with Crippen LogP contribution in [-0.2, 0) is 14.8 Å². The Hall–Kier alpha value is -1.60. The van der Waals surface area contributed by atoms with E-state index in [1.807, 2.05) is 13.8 Å². The zero-order chi connectivity index (χ0) is 16.0. The van der Waals surface area contributed by atoms with Crippen LogP contribution in [0.3, 0.4) is 0 Å². The van der Waals surface area contributed by atoms with E-state index in [4.69, 9.17) is 4.74 Å². The Morgan fingerprint density at radius 1 is 1.29 bits per heavy atom. The third kappa shape index (κ3) is 5.73. The van der Waals surface area contributed by atoms with Crippen LogP contribution in [0, 0.1) is 6.92 Å². The van der Waals surface area contributed by atoms with Crippen LogP contribution in [0.1, 0.15) is 26.3 Å². The van der Waals surface area contributed by atoms with Crippen LogP contribution < -0.4 is 14.8 Å². The van der Waals surface area contributed by atoms with E-state index in [-0.39, 0.29) is 30.0 Å². The van der Waals surface area contributed by atoms with Crippen molar-refractivity contribution < 1.29 is 17.9 Å². The van der Waals surface area contributed by atoms with Crippen molar-refractivity contribution in [3.8, 4) is 5.75 Å². The third-order valence-corrected chi connectivity index (χ3v) is 4.07. The van der Waals surface area contributed by atoms with Crippen LogP contribution in [0.2, 0.25) is 0 Å². The lowest BCUT2D eigenvalue weighted by Gasteiger charge is -2.14. The number of carbonyl (C=O) groups excluding carboxylic acids is 1. The third-order valence-electron chi connectivity index (χ3n) is 2.61. The number of ether oxygens (including phenoxy) is 1. The average Bonchev–Trinajstić information content (AvgIpc) is 2.36. The Bertz CT molecular complexity index is 597. The van der Waals surface area contributed by atoms with E-state index in [1.165, 1.54) is 13.0 Å². The van der Waals surface area contributed by atoms with Gasteiger partial charge < -0.3 is 10.1 Å². The monoisotopic (exact) mass is 314 g/mol. The smallest absolute Gasteiger partial charge is 0.240 e. The molecule has 0 aromatic heterocycles. The Labute approximate surface area is 125 Å². The zero-order valence-corrected chi connectivity index (χ0v) is 13.6. The predicted octanol–water partition coefficient (Wildman–Crippen LogP) is 1.20. The van der Waals surface area contributed by atoms with Gasteiger partial charge in [-0.15, -0.1) is 0 Å². The van der Waals surface area contributed by atoms with E-state index in [2.05, 4.69) is 10.0 Å². The summed E-state index contributed by atoms with van der Waals surface area (Å²) in [4.78, 5) is 10.9. The largest absolute Gasteiger partial charge is 0.491 e. The van der Waals surface area contributed by atoms with Crippen molar-refractivity contribution in [2.24, 2.45) is 0 Å². The van der Waals surface area contributed by atoms with Gasteiger partial charge in [0.05, 0.1) is 11.0 Å². The summed E-state index contributed by atoms with van der Waals surface area (Å²) in [6, 6.07) is 4.72. The van der Waals surface area contributed by atoms with Crippen molar-refractivity contribution in [1.82, 2.24) is 10.0 Å². The number of hydrogen-bond acceptors (Lipinski definition) is 4. The molecule has 6 nitrogen and oxygen atoms in total. The molecule has 1 rings (SSSR count). The van der Waals surface area contributed by atoms with Gasteiger partial charge in [-0.1, -0.05) is 0 Å². The molecular weight excluding hydrogens is 292 g/mol. The standard InChI is InChI=1S/C14H22N2O4S/c1-10(2)20-14-6-5-13(9-11(14)3)21(18,19)16-8-7-15-12(4)17/h5-6,9-10,16H,7-8H2,1-4H3,(H,15,17). The molecule has 0 fully saturated rings. The minimum absolute atomic E-state index is 0.0296. The fraction of sp³-hybridized carbons (Fsp3) is 0.500. The molecule has 118 valence electrons. The lowest BCUT2D eigenvalue weighted by Crippen LogP contribution is -2.33. The second kappa shape index (κ2) is 7.42. The Kier molecular flexibility index (Phi) is 6.17. The average molecular weight is 314 g/mol. The van der Waals surface area contributed by atoms with Crippen molar-refractivity contribution in [2.45, 2.75) is 38.7 Å². The van der Waals surface area contributed by atoms with Gasteiger partial charge in [0, 0.05) is 20.0 Å². The van der Waals surface area contributed by atoms with Gasteiger partial charge in [0.2, 0.25) is 15.9 Å². The van der Waals surface area contributed by atoms with E-state index in [0.29, 0.717) is 5.75 Å². The molecule has 7 heteroatoms. The summed E-state index contributed by atoms with van der Waals surface area (Å²) < 4.78 is 32.2. The lowest BCUT2D eigenvalue weighted by atomic mass is 10.2. The van der Waals surface area contributed by atoms with Crippen molar-refractivity contribution in [3.63, 3.8) is 0 Å². The van der Waals surface area contributed by atoms with Gasteiger partial charge in [-0.2, -0.15) is 0 Å². The molecule has 0 radical (unpaired) electrons. The molecule has 0 aliphatic rings. The highest BCUT2D eigenvalue weighted by molar-refractivity contribution is 7.89. The molecule has 0 saturated carbocycles. The fourth-order valence-corrected chi connectivity index (χ4v) is 2.80. The molecule has 0 bridgehead atoms. The van der Waals surface area contributed by atoms with E-state index in [9.17, 15) is 13.2 Å². The minimum Gasteiger partial charge on any atom is -0.491 e. The maximum Gasteiger partial charge on any atom is 0.240 e. The normalized spacial score (nSPS) is 11.5. The molecule has 0 saturated heterocycles. The molecule has 0 unspecified atom stereocenters. The topological polar surface area (TPSA) is 84.5 Å². The molecule has 0 aliphatic carbocycles. The van der Waals surface area contributed by atoms with Gasteiger partial charge >= 0.3 is 0 Å². The van der Waals surface area contributed by atoms with E-state index in [0.717, 1.165) is 5.56 Å². The van der Waals surface area contributed by atoms with E-state index in [1.54, 1.807) is 19.1 Å². The SMILES string of the molecule is CC(=O)NCCNS(=O)(=O)c1ccc(OC(C)C)c(C)c1. The number of benzene rings is 1. The maximum atomic E-state index is 12.1. The van der Waals surface area contributed by atoms with Gasteiger partial charge in [0.25, 0.3) is 0 Å². The number of aryl methyl sites for hydroxylation is 1. The van der Waals surface area contributed by atoms with E-state index < -0.39 is 10.0 Å². The van der Waals surface area contributed by atoms with E-state index >= 15 is 0 Å². The molecule has 0 aliphatic heterocycles. The first-order valence-corrected chi connectivity index (χ1v) is 8.22. The number of sulfonamides is 1. The second-order valence-electron chi connectivity index (χ2n) is 4.97. The predicted molar refractivity (Wildman–Crippen MR) is 80.8 cm³/mol. The first-order chi connectivity index (χ1) is 9.72. The van der Waals surface area contributed by atoms with Gasteiger partial charge in [-0.3, -0.25) is 4.79 Å². The summed E-state index contributed by atoms with van der Waals surface area (Å²) in [7, 11) is -3.58. The summed E-state index contributed by atoms with van der Waals surface area (Å²) >= 11 is 0. The highest BCUT2D eigenvalue weighted by atomic mass is 32.2. The summed E-state index contributed by atoms with van der Waals surface area (Å²) in [5.41, 5.74) is 0.758. The fourth-order valence-electron chi connectivity index (χ4n) is 1.68. The highest BCUT2D eigenvalue weighted by Crippen LogP contribution is 2.22. The summed E-state index contributed by atoms with van der Waals surface area (Å²) in [6.07, 6.45) is 0.0296. The number of carbonyl (C=O) groups is 1. The second-order valence-corrected chi connectivity index (χ2v) is 6.74. The summed E-state index contributed by atoms with van der Waals surface area (Å²) in [5, 5.41) is 2.53. The number of amides is 1. The van der Waals surface area contributed by atoms with Crippen molar-refractivity contribution in [1.29, 1.82) is 0 Å². The number of nitrogens with one attached hydrogen (secondary N) is 2. The van der Waals surface area contributed by atoms with Crippen LogP contribution in [0.5, 0.6) is 5.75 Å². The van der Waals surface area contributed by atoms with Gasteiger partial charge in [-0.05, 0) is 44.5 Å². The molecule has 21 heavy (non-hydrogen) atoms. The molecule has 1 aromatic carbocycles. The minimum atomic E-state index is -3.58. The Morgan fingerprint density at radius 3 is 2.48 bits per heavy atom. The van der Waals surface area contributed by atoms with Crippen molar-refractivity contribution >= 4 is 15.9 Å². The van der Waals surface area contributed by atoms with Crippen molar-refractivity contribution in [2.75, 3.05) is 13.1 Å². The van der Waals surface area contributed by atoms with Crippen LogP contribution in [-0.4, -0.2) is 33.5 Å². The van der Waals surface area contributed by atoms with Crippen molar-refractivity contribution in [3.05, 3.63) is 23.8 Å². The highest BCUT2D eigenvalue weighted by Gasteiger charge is 2.15. The van der Waals surface area contributed by atoms with Crippen LogP contribution in [0.15, 0.2) is 23.1 Å². The first-order valence-electron chi connectivity index (χ1n) is 6.74. The van der Waals surface area contributed by atoms with Gasteiger partial charge in [0.15, 0.2) is 0 Å². The summed E-state index contributed by atoms with van der Waals surface area (Å²) in [6.45, 7) is 7.40.